The van der Waals surface area contributed by atoms with Crippen molar-refractivity contribution in [2.45, 2.75) is 51.1 Å². The van der Waals surface area contributed by atoms with E-state index in [2.05, 4.69) is 9.88 Å². The third kappa shape index (κ3) is 5.93. The summed E-state index contributed by atoms with van der Waals surface area (Å²) in [4.78, 5) is 18.3. The van der Waals surface area contributed by atoms with Gasteiger partial charge in [-0.25, -0.2) is 14.2 Å². The summed E-state index contributed by atoms with van der Waals surface area (Å²) in [5.74, 6) is -0.642. The van der Waals surface area contributed by atoms with Crippen molar-refractivity contribution in [2.75, 3.05) is 18.0 Å². The number of imidazole rings is 1. The van der Waals surface area contributed by atoms with E-state index in [-0.39, 0.29) is 18.2 Å². The number of rotatable bonds is 8. The average molecular weight is 641 g/mol. The fourth-order valence-corrected chi connectivity index (χ4v) is 6.79. The molecule has 8 nitrogen and oxygen atoms in total. The highest BCUT2D eigenvalue weighted by Crippen LogP contribution is 2.38. The van der Waals surface area contributed by atoms with Gasteiger partial charge in [0.15, 0.2) is 6.35 Å². The number of carbonyl (C=O) groups is 1. The van der Waals surface area contributed by atoms with E-state index in [0.717, 1.165) is 53.6 Å². The Bertz CT molecular complexity index is 1900. The third-order valence-corrected chi connectivity index (χ3v) is 9.25. The normalized spacial score (nSPS) is 17.1. The van der Waals surface area contributed by atoms with Gasteiger partial charge < -0.3 is 24.4 Å². The van der Waals surface area contributed by atoms with Crippen molar-refractivity contribution in [2.24, 2.45) is 0 Å². The average Bonchev–Trinajstić information content (AvgIpc) is 3.67. The number of aromatic nitrogens is 2. The molecule has 1 unspecified atom stereocenters. The second-order valence-corrected chi connectivity index (χ2v) is 12.3. The monoisotopic (exact) mass is 640 g/mol. The number of aliphatic hydroxyl groups excluding tert-OH is 1. The van der Waals surface area contributed by atoms with Gasteiger partial charge in [0.25, 0.3) is 0 Å². The first-order valence-electron chi connectivity index (χ1n) is 15.6. The minimum atomic E-state index is -1.03. The van der Waals surface area contributed by atoms with Crippen LogP contribution in [0.4, 0.5) is 10.1 Å². The number of aromatic carboxylic acids is 1. The standard InChI is InChI=1S/C36H34ClFN4O4/c37-25-9-6-22(7-10-25)29-13-11-27(41-17-16-39-36(41)45)18-24(29)21-46-28-12-14-30(31(38)20-28)34-40-32-19-23(35(43)44)8-15-33(32)42(34)26-4-2-1-3-5-26/h6-15,18-20,26,36,39,45H,1-5,16-17,21H2,(H,43,44). The Morgan fingerprint density at radius 3 is 2.48 bits per heavy atom. The highest BCUT2D eigenvalue weighted by Gasteiger charge is 2.25. The fourth-order valence-electron chi connectivity index (χ4n) is 6.66. The zero-order valence-corrected chi connectivity index (χ0v) is 25.9. The smallest absolute Gasteiger partial charge is 0.335 e. The van der Waals surface area contributed by atoms with Crippen LogP contribution in [-0.2, 0) is 6.61 Å². The predicted octanol–water partition coefficient (Wildman–Crippen LogP) is 7.63. The molecule has 1 aromatic heterocycles. The summed E-state index contributed by atoms with van der Waals surface area (Å²) in [5.41, 5.74) is 5.46. The number of halogens is 2. The molecule has 1 saturated carbocycles. The van der Waals surface area contributed by atoms with Gasteiger partial charge in [0.2, 0.25) is 0 Å². The Morgan fingerprint density at radius 2 is 1.76 bits per heavy atom. The Morgan fingerprint density at radius 1 is 0.978 bits per heavy atom. The Balaban J connectivity index is 1.21. The molecule has 1 aliphatic carbocycles. The van der Waals surface area contributed by atoms with E-state index in [9.17, 15) is 15.0 Å². The van der Waals surface area contributed by atoms with Crippen molar-refractivity contribution in [3.63, 3.8) is 0 Å². The molecule has 236 valence electrons. The number of carboxylic acids is 1. The maximum Gasteiger partial charge on any atom is 0.335 e. The molecule has 0 radical (unpaired) electrons. The quantitative estimate of drug-likeness (QED) is 0.160. The lowest BCUT2D eigenvalue weighted by molar-refractivity contribution is 0.0697. The molecule has 0 bridgehead atoms. The molecule has 3 N–H and O–H groups in total. The van der Waals surface area contributed by atoms with Gasteiger partial charge in [-0.05, 0) is 84.1 Å². The van der Waals surface area contributed by atoms with E-state index < -0.39 is 18.1 Å². The van der Waals surface area contributed by atoms with Gasteiger partial charge in [0.1, 0.15) is 24.0 Å². The van der Waals surface area contributed by atoms with Gasteiger partial charge in [-0.2, -0.15) is 0 Å². The summed E-state index contributed by atoms with van der Waals surface area (Å²) in [6.07, 6.45) is 4.48. The van der Waals surface area contributed by atoms with Gasteiger partial charge in [-0.3, -0.25) is 5.32 Å². The molecule has 1 atom stereocenters. The minimum absolute atomic E-state index is 0.147. The largest absolute Gasteiger partial charge is 0.489 e. The number of aliphatic hydroxyl groups is 1. The number of hydrogen-bond acceptors (Lipinski definition) is 6. The summed E-state index contributed by atoms with van der Waals surface area (Å²) < 4.78 is 24.2. The lowest BCUT2D eigenvalue weighted by Crippen LogP contribution is -2.35. The number of nitrogens with zero attached hydrogens (tertiary/aromatic N) is 3. The first kappa shape index (κ1) is 30.2. The lowest BCUT2D eigenvalue weighted by Gasteiger charge is -2.26. The summed E-state index contributed by atoms with van der Waals surface area (Å²) in [6, 6.07) is 23.4. The van der Waals surface area contributed by atoms with Crippen LogP contribution in [0.1, 0.15) is 54.1 Å². The molecular formula is C36H34ClFN4O4. The summed E-state index contributed by atoms with van der Waals surface area (Å²) in [6.45, 7) is 1.50. The van der Waals surface area contributed by atoms with E-state index in [1.807, 2.05) is 47.4 Å². The number of fused-ring (bicyclic) bond motifs is 1. The van der Waals surface area contributed by atoms with Crippen LogP contribution in [-0.4, -0.2) is 45.2 Å². The molecule has 46 heavy (non-hydrogen) atoms. The molecule has 10 heteroatoms. The van der Waals surface area contributed by atoms with E-state index in [0.29, 0.717) is 40.8 Å². The van der Waals surface area contributed by atoms with Crippen LogP contribution in [0.15, 0.2) is 78.9 Å². The molecular weight excluding hydrogens is 607 g/mol. The van der Waals surface area contributed by atoms with Crippen LogP contribution in [0.25, 0.3) is 33.5 Å². The number of carboxylic acid groups (broad SMARTS) is 1. The summed E-state index contributed by atoms with van der Waals surface area (Å²) in [7, 11) is 0. The zero-order valence-electron chi connectivity index (χ0n) is 25.1. The van der Waals surface area contributed by atoms with Gasteiger partial charge in [0.05, 0.1) is 22.2 Å². The van der Waals surface area contributed by atoms with Crippen molar-refractivity contribution < 1.29 is 24.1 Å². The van der Waals surface area contributed by atoms with E-state index in [4.69, 9.17) is 21.3 Å². The molecule has 0 spiro atoms. The van der Waals surface area contributed by atoms with Crippen LogP contribution < -0.4 is 15.0 Å². The van der Waals surface area contributed by atoms with E-state index in [1.54, 1.807) is 30.3 Å². The molecule has 2 heterocycles. The van der Waals surface area contributed by atoms with Crippen LogP contribution in [0.2, 0.25) is 5.02 Å². The van der Waals surface area contributed by atoms with Crippen LogP contribution >= 0.6 is 11.6 Å². The number of hydrogen-bond donors (Lipinski definition) is 3. The van der Waals surface area contributed by atoms with Crippen molar-refractivity contribution >= 4 is 34.3 Å². The molecule has 2 aliphatic rings. The summed E-state index contributed by atoms with van der Waals surface area (Å²) >= 11 is 6.14. The number of anilines is 1. The van der Waals surface area contributed by atoms with Gasteiger partial charge in [-0.1, -0.05) is 49.1 Å². The zero-order chi connectivity index (χ0) is 31.8. The first-order valence-corrected chi connectivity index (χ1v) is 16.0. The second-order valence-electron chi connectivity index (χ2n) is 11.9. The van der Waals surface area contributed by atoms with Crippen molar-refractivity contribution in [3.8, 4) is 28.3 Å². The number of ether oxygens (including phenoxy) is 1. The minimum Gasteiger partial charge on any atom is -0.489 e. The molecule has 2 fully saturated rings. The Kier molecular flexibility index (Phi) is 8.38. The molecule has 5 aromatic rings. The molecule has 1 aliphatic heterocycles. The highest BCUT2D eigenvalue weighted by molar-refractivity contribution is 6.30. The Hall–Kier alpha value is -4.44. The van der Waals surface area contributed by atoms with E-state index in [1.165, 1.54) is 12.5 Å². The summed E-state index contributed by atoms with van der Waals surface area (Å²) in [5, 5.41) is 23.6. The Labute approximate surface area is 271 Å². The number of benzene rings is 4. The van der Waals surface area contributed by atoms with E-state index >= 15 is 4.39 Å². The SMILES string of the molecule is O=C(O)c1ccc2c(c1)nc(-c1ccc(OCc3cc(N4CCNC4O)ccc3-c3ccc(Cl)cc3)cc1F)n2C1CCCCC1. The van der Waals surface area contributed by atoms with Gasteiger partial charge in [-0.15, -0.1) is 0 Å². The van der Waals surface area contributed by atoms with Crippen molar-refractivity contribution in [1.29, 1.82) is 0 Å². The molecule has 7 rings (SSSR count). The van der Waals surface area contributed by atoms with Gasteiger partial charge >= 0.3 is 5.97 Å². The topological polar surface area (TPSA) is 99.8 Å². The maximum atomic E-state index is 16.0. The molecule has 1 saturated heterocycles. The lowest BCUT2D eigenvalue weighted by atomic mass is 9.94. The predicted molar refractivity (Wildman–Crippen MR) is 177 cm³/mol. The van der Waals surface area contributed by atoms with Gasteiger partial charge in [0, 0.05) is 35.9 Å². The molecule has 0 amide bonds. The first-order chi connectivity index (χ1) is 22.4. The van der Waals surface area contributed by atoms with Crippen LogP contribution in [0.5, 0.6) is 5.75 Å². The van der Waals surface area contributed by atoms with Crippen molar-refractivity contribution in [1.82, 2.24) is 14.9 Å². The third-order valence-electron chi connectivity index (χ3n) is 9.00. The van der Waals surface area contributed by atoms with Crippen LogP contribution in [0.3, 0.4) is 0 Å². The number of nitrogens with one attached hydrogen (secondary N) is 1. The van der Waals surface area contributed by atoms with Crippen molar-refractivity contribution in [3.05, 3.63) is 101 Å². The van der Waals surface area contributed by atoms with Crippen LogP contribution in [0, 0.1) is 5.82 Å². The molecule has 4 aromatic carbocycles. The second kappa shape index (κ2) is 12.7. The fraction of sp³-hybridized carbons (Fsp3) is 0.278. The highest BCUT2D eigenvalue weighted by atomic mass is 35.5. The maximum absolute atomic E-state index is 16.0.